The largest absolute Gasteiger partial charge is 0.460 e. The van der Waals surface area contributed by atoms with E-state index in [1.165, 1.54) is 0 Å². The summed E-state index contributed by atoms with van der Waals surface area (Å²) >= 11 is 5.97. The van der Waals surface area contributed by atoms with Gasteiger partial charge in [0.25, 0.3) is 0 Å². The van der Waals surface area contributed by atoms with E-state index in [1.807, 2.05) is 6.92 Å². The van der Waals surface area contributed by atoms with Gasteiger partial charge in [0.2, 0.25) is 0 Å². The van der Waals surface area contributed by atoms with E-state index < -0.39 is 5.97 Å². The van der Waals surface area contributed by atoms with E-state index in [-0.39, 0.29) is 6.04 Å². The molecular formula is C14H21ClN2O2. The van der Waals surface area contributed by atoms with Crippen LogP contribution in [0.4, 0.5) is 5.69 Å². The standard InChI is InChI=1S/C14H21ClN2O2/c1-4-17(5-2)10(3)9-19-14(18)12-7-6-11(16)8-13(12)15/h6-8,10H,4-5,9,16H2,1-3H3. The Bertz CT molecular complexity index is 433. The van der Waals surface area contributed by atoms with Gasteiger partial charge in [-0.05, 0) is 38.2 Å². The maximum Gasteiger partial charge on any atom is 0.339 e. The zero-order valence-corrected chi connectivity index (χ0v) is 12.4. The lowest BCUT2D eigenvalue weighted by Crippen LogP contribution is -2.36. The van der Waals surface area contributed by atoms with Crippen LogP contribution in [-0.4, -0.2) is 36.6 Å². The van der Waals surface area contributed by atoms with Gasteiger partial charge in [0.1, 0.15) is 6.61 Å². The van der Waals surface area contributed by atoms with E-state index >= 15 is 0 Å². The van der Waals surface area contributed by atoms with Gasteiger partial charge in [-0.1, -0.05) is 25.4 Å². The van der Waals surface area contributed by atoms with Crippen LogP contribution in [0, 0.1) is 0 Å². The molecule has 1 aromatic rings. The quantitative estimate of drug-likeness (QED) is 0.645. The van der Waals surface area contributed by atoms with Crippen LogP contribution in [-0.2, 0) is 4.74 Å². The summed E-state index contributed by atoms with van der Waals surface area (Å²) in [5.74, 6) is -0.413. The van der Waals surface area contributed by atoms with Gasteiger partial charge in [-0.2, -0.15) is 0 Å². The Labute approximate surface area is 119 Å². The molecule has 0 saturated carbocycles. The zero-order chi connectivity index (χ0) is 14.4. The topological polar surface area (TPSA) is 55.6 Å². The third-order valence-electron chi connectivity index (χ3n) is 3.10. The monoisotopic (exact) mass is 284 g/mol. The fourth-order valence-corrected chi connectivity index (χ4v) is 2.19. The third kappa shape index (κ3) is 4.40. The Morgan fingerprint density at radius 3 is 2.58 bits per heavy atom. The molecule has 0 saturated heterocycles. The molecule has 2 N–H and O–H groups in total. The number of anilines is 1. The average Bonchev–Trinajstić information content (AvgIpc) is 2.37. The number of nitrogen functional groups attached to an aromatic ring is 1. The Morgan fingerprint density at radius 1 is 1.42 bits per heavy atom. The number of esters is 1. The molecule has 19 heavy (non-hydrogen) atoms. The van der Waals surface area contributed by atoms with Crippen molar-refractivity contribution in [2.45, 2.75) is 26.8 Å². The van der Waals surface area contributed by atoms with Gasteiger partial charge < -0.3 is 10.5 Å². The van der Waals surface area contributed by atoms with Crippen molar-refractivity contribution < 1.29 is 9.53 Å². The number of halogens is 1. The summed E-state index contributed by atoms with van der Waals surface area (Å²) in [7, 11) is 0. The smallest absolute Gasteiger partial charge is 0.339 e. The third-order valence-corrected chi connectivity index (χ3v) is 3.42. The normalized spacial score (nSPS) is 12.5. The van der Waals surface area contributed by atoms with Gasteiger partial charge in [-0.25, -0.2) is 4.79 Å². The highest BCUT2D eigenvalue weighted by atomic mass is 35.5. The van der Waals surface area contributed by atoms with Crippen molar-refractivity contribution in [2.75, 3.05) is 25.4 Å². The summed E-state index contributed by atoms with van der Waals surface area (Å²) in [4.78, 5) is 14.1. The first-order valence-electron chi connectivity index (χ1n) is 6.45. The minimum atomic E-state index is -0.413. The van der Waals surface area contributed by atoms with E-state index in [1.54, 1.807) is 18.2 Å². The lowest BCUT2D eigenvalue weighted by Gasteiger charge is -2.25. The Hall–Kier alpha value is -1.26. The summed E-state index contributed by atoms with van der Waals surface area (Å²) in [6.45, 7) is 8.40. The van der Waals surface area contributed by atoms with Crippen molar-refractivity contribution in [3.05, 3.63) is 28.8 Å². The SMILES string of the molecule is CCN(CC)C(C)COC(=O)c1ccc(N)cc1Cl. The van der Waals surface area contributed by atoms with Crippen LogP contribution in [0.1, 0.15) is 31.1 Å². The van der Waals surface area contributed by atoms with Crippen LogP contribution in [0.3, 0.4) is 0 Å². The lowest BCUT2D eigenvalue weighted by atomic mass is 10.2. The summed E-state index contributed by atoms with van der Waals surface area (Å²) in [5, 5.41) is 0.320. The van der Waals surface area contributed by atoms with Crippen molar-refractivity contribution in [3.63, 3.8) is 0 Å². The van der Waals surface area contributed by atoms with E-state index in [4.69, 9.17) is 22.1 Å². The number of hydrogen-bond acceptors (Lipinski definition) is 4. The maximum atomic E-state index is 11.9. The number of carbonyl (C=O) groups excluding carboxylic acids is 1. The second-order valence-electron chi connectivity index (χ2n) is 4.41. The summed E-state index contributed by atoms with van der Waals surface area (Å²) in [6, 6.07) is 4.95. The van der Waals surface area contributed by atoms with Crippen LogP contribution >= 0.6 is 11.6 Å². The van der Waals surface area contributed by atoms with Crippen LogP contribution in [0.25, 0.3) is 0 Å². The number of nitrogens with two attached hydrogens (primary N) is 1. The molecule has 0 amide bonds. The number of ether oxygens (including phenoxy) is 1. The average molecular weight is 285 g/mol. The fourth-order valence-electron chi connectivity index (χ4n) is 1.92. The summed E-state index contributed by atoms with van der Waals surface area (Å²) in [6.07, 6.45) is 0. The van der Waals surface area contributed by atoms with Crippen molar-refractivity contribution in [2.24, 2.45) is 0 Å². The molecule has 0 radical (unpaired) electrons. The van der Waals surface area contributed by atoms with Gasteiger partial charge in [0.05, 0.1) is 10.6 Å². The van der Waals surface area contributed by atoms with Gasteiger partial charge in [-0.15, -0.1) is 0 Å². The highest BCUT2D eigenvalue weighted by Crippen LogP contribution is 2.20. The van der Waals surface area contributed by atoms with Crippen molar-refractivity contribution >= 4 is 23.3 Å². The summed E-state index contributed by atoms with van der Waals surface area (Å²) < 4.78 is 5.29. The number of nitrogens with zero attached hydrogens (tertiary/aromatic N) is 1. The number of carbonyl (C=O) groups is 1. The van der Waals surface area contributed by atoms with E-state index in [0.29, 0.717) is 22.9 Å². The molecule has 0 aliphatic heterocycles. The predicted octanol–water partition coefficient (Wildman–Crippen LogP) is 2.81. The molecule has 5 heteroatoms. The van der Waals surface area contributed by atoms with Gasteiger partial charge in [0.15, 0.2) is 0 Å². The zero-order valence-electron chi connectivity index (χ0n) is 11.6. The Balaban J connectivity index is 2.60. The molecule has 0 fully saturated rings. The molecule has 1 atom stereocenters. The highest BCUT2D eigenvalue weighted by molar-refractivity contribution is 6.33. The lowest BCUT2D eigenvalue weighted by molar-refractivity contribution is 0.0382. The number of likely N-dealkylation sites (N-methyl/N-ethyl adjacent to an activating group) is 1. The van der Waals surface area contributed by atoms with E-state index in [9.17, 15) is 4.79 Å². The Morgan fingerprint density at radius 2 is 2.05 bits per heavy atom. The van der Waals surface area contributed by atoms with Crippen LogP contribution in [0.5, 0.6) is 0 Å². The fraction of sp³-hybridized carbons (Fsp3) is 0.500. The first-order chi connectivity index (χ1) is 8.99. The molecule has 0 aromatic heterocycles. The van der Waals surface area contributed by atoms with E-state index in [0.717, 1.165) is 13.1 Å². The molecule has 1 aromatic carbocycles. The molecule has 0 spiro atoms. The van der Waals surface area contributed by atoms with Crippen molar-refractivity contribution in [1.82, 2.24) is 4.90 Å². The second kappa shape index (κ2) is 7.36. The first kappa shape index (κ1) is 15.8. The van der Waals surface area contributed by atoms with Gasteiger partial charge >= 0.3 is 5.97 Å². The summed E-state index contributed by atoms with van der Waals surface area (Å²) in [5.41, 5.74) is 6.46. The maximum absolute atomic E-state index is 11.9. The van der Waals surface area contributed by atoms with Gasteiger partial charge in [0, 0.05) is 11.7 Å². The molecule has 0 aliphatic rings. The predicted molar refractivity (Wildman–Crippen MR) is 78.5 cm³/mol. The molecule has 1 rings (SSSR count). The number of hydrogen-bond donors (Lipinski definition) is 1. The molecular weight excluding hydrogens is 264 g/mol. The molecule has 1 unspecified atom stereocenters. The molecule has 0 aliphatic carbocycles. The van der Waals surface area contributed by atoms with Gasteiger partial charge in [-0.3, -0.25) is 4.90 Å². The first-order valence-corrected chi connectivity index (χ1v) is 6.83. The number of benzene rings is 1. The van der Waals surface area contributed by atoms with Crippen LogP contribution in [0.2, 0.25) is 5.02 Å². The van der Waals surface area contributed by atoms with Crippen molar-refractivity contribution in [3.8, 4) is 0 Å². The number of rotatable bonds is 6. The second-order valence-corrected chi connectivity index (χ2v) is 4.82. The van der Waals surface area contributed by atoms with Crippen LogP contribution < -0.4 is 5.73 Å². The molecule has 4 nitrogen and oxygen atoms in total. The molecule has 0 bridgehead atoms. The molecule has 0 heterocycles. The van der Waals surface area contributed by atoms with Crippen LogP contribution in [0.15, 0.2) is 18.2 Å². The van der Waals surface area contributed by atoms with Crippen molar-refractivity contribution in [1.29, 1.82) is 0 Å². The molecule has 106 valence electrons. The minimum Gasteiger partial charge on any atom is -0.460 e. The highest BCUT2D eigenvalue weighted by Gasteiger charge is 2.16. The minimum absolute atomic E-state index is 0.187. The van der Waals surface area contributed by atoms with E-state index in [2.05, 4.69) is 18.7 Å². The Kier molecular flexibility index (Phi) is 6.12.